The summed E-state index contributed by atoms with van der Waals surface area (Å²) in [5, 5.41) is 9.84. The van der Waals surface area contributed by atoms with Crippen molar-refractivity contribution in [3.05, 3.63) is 29.8 Å². The zero-order chi connectivity index (χ0) is 10.7. The fraction of sp³-hybridized carbons (Fsp3) is 0.385. The molecule has 0 saturated heterocycles. The molecule has 15 heavy (non-hydrogen) atoms. The molecule has 1 aliphatic heterocycles. The second-order valence-corrected chi connectivity index (χ2v) is 3.80. The Balaban J connectivity index is 2.25. The third-order valence-corrected chi connectivity index (χ3v) is 2.83. The van der Waals surface area contributed by atoms with Gasteiger partial charge in [-0.15, -0.1) is 12.3 Å². The van der Waals surface area contributed by atoms with E-state index >= 15 is 0 Å². The fourth-order valence-corrected chi connectivity index (χ4v) is 2.04. The Kier molecular flexibility index (Phi) is 2.94. The van der Waals surface area contributed by atoms with E-state index < -0.39 is 0 Å². The van der Waals surface area contributed by atoms with E-state index in [1.54, 1.807) is 0 Å². The van der Waals surface area contributed by atoms with Crippen molar-refractivity contribution >= 4 is 5.69 Å². The Morgan fingerprint density at radius 3 is 3.07 bits per heavy atom. The zero-order valence-corrected chi connectivity index (χ0v) is 8.69. The average Bonchev–Trinajstić information content (AvgIpc) is 2.29. The number of fused-ring (bicyclic) bond motifs is 1. The minimum Gasteiger partial charge on any atom is -0.388 e. The summed E-state index contributed by atoms with van der Waals surface area (Å²) in [5.41, 5.74) is 2.16. The van der Waals surface area contributed by atoms with Gasteiger partial charge in [-0.2, -0.15) is 0 Å². The van der Waals surface area contributed by atoms with E-state index in [-0.39, 0.29) is 6.10 Å². The minimum absolute atomic E-state index is 0.316. The summed E-state index contributed by atoms with van der Waals surface area (Å²) >= 11 is 0. The van der Waals surface area contributed by atoms with Crippen LogP contribution in [-0.4, -0.2) is 18.2 Å². The van der Waals surface area contributed by atoms with Crippen molar-refractivity contribution in [2.24, 2.45) is 0 Å². The van der Waals surface area contributed by atoms with Crippen LogP contribution in [0.2, 0.25) is 0 Å². The number of para-hydroxylation sites is 1. The number of rotatable bonds is 2. The van der Waals surface area contributed by atoms with Gasteiger partial charge in [-0.25, -0.2) is 0 Å². The van der Waals surface area contributed by atoms with Crippen molar-refractivity contribution in [2.45, 2.75) is 18.9 Å². The Labute approximate surface area is 90.5 Å². The fourth-order valence-electron chi connectivity index (χ4n) is 2.04. The second-order valence-electron chi connectivity index (χ2n) is 3.80. The van der Waals surface area contributed by atoms with Crippen LogP contribution in [0.25, 0.3) is 0 Å². The Hall–Kier alpha value is -1.46. The summed E-state index contributed by atoms with van der Waals surface area (Å²) in [6.07, 6.45) is 6.50. The highest BCUT2D eigenvalue weighted by Gasteiger charge is 2.22. The molecule has 2 rings (SSSR count). The standard InChI is InChI=1S/C13H15NO/c1-2-3-9-14-10-8-13(15)11-6-4-5-7-12(11)14/h1,4-7,13,15H,3,8-10H2. The Morgan fingerprint density at radius 1 is 1.47 bits per heavy atom. The van der Waals surface area contributed by atoms with Gasteiger partial charge in [0.25, 0.3) is 0 Å². The third kappa shape index (κ3) is 1.98. The molecular weight excluding hydrogens is 186 g/mol. The van der Waals surface area contributed by atoms with Gasteiger partial charge >= 0.3 is 0 Å². The van der Waals surface area contributed by atoms with Crippen LogP contribution in [0.4, 0.5) is 5.69 Å². The van der Waals surface area contributed by atoms with E-state index in [0.717, 1.165) is 37.2 Å². The lowest BCUT2D eigenvalue weighted by atomic mass is 9.99. The maximum atomic E-state index is 9.84. The quantitative estimate of drug-likeness (QED) is 0.739. The van der Waals surface area contributed by atoms with Gasteiger partial charge in [0, 0.05) is 30.8 Å². The van der Waals surface area contributed by atoms with Crippen molar-refractivity contribution < 1.29 is 5.11 Å². The maximum absolute atomic E-state index is 9.84. The van der Waals surface area contributed by atoms with E-state index in [9.17, 15) is 5.11 Å². The van der Waals surface area contributed by atoms with Crippen LogP contribution in [-0.2, 0) is 0 Å². The highest BCUT2D eigenvalue weighted by Crippen LogP contribution is 2.33. The second kappa shape index (κ2) is 4.37. The van der Waals surface area contributed by atoms with Crippen LogP contribution in [0, 0.1) is 12.3 Å². The van der Waals surface area contributed by atoms with Crippen molar-refractivity contribution in [3.8, 4) is 12.3 Å². The molecule has 0 fully saturated rings. The van der Waals surface area contributed by atoms with E-state index in [0.29, 0.717) is 0 Å². The number of terminal acetylenes is 1. The number of anilines is 1. The molecule has 2 heteroatoms. The number of aliphatic hydroxyl groups excluding tert-OH is 1. The lowest BCUT2D eigenvalue weighted by Crippen LogP contribution is -2.31. The zero-order valence-electron chi connectivity index (χ0n) is 8.69. The first kappa shape index (κ1) is 10.1. The van der Waals surface area contributed by atoms with Gasteiger partial charge in [0.2, 0.25) is 0 Å². The molecule has 0 saturated carbocycles. The number of benzene rings is 1. The van der Waals surface area contributed by atoms with Gasteiger partial charge in [0.05, 0.1) is 6.10 Å². The van der Waals surface area contributed by atoms with Crippen LogP contribution < -0.4 is 4.90 Å². The van der Waals surface area contributed by atoms with Crippen LogP contribution in [0.15, 0.2) is 24.3 Å². The summed E-state index contributed by atoms with van der Waals surface area (Å²) in [7, 11) is 0. The molecule has 1 aliphatic rings. The highest BCUT2D eigenvalue weighted by atomic mass is 16.3. The van der Waals surface area contributed by atoms with Gasteiger partial charge < -0.3 is 10.0 Å². The number of aliphatic hydroxyl groups is 1. The molecule has 1 heterocycles. The highest BCUT2D eigenvalue weighted by molar-refractivity contribution is 5.56. The number of hydrogen-bond donors (Lipinski definition) is 1. The molecule has 1 N–H and O–H groups in total. The number of hydrogen-bond acceptors (Lipinski definition) is 2. The van der Waals surface area contributed by atoms with E-state index in [4.69, 9.17) is 6.42 Å². The topological polar surface area (TPSA) is 23.5 Å². The molecule has 1 aromatic carbocycles. The summed E-state index contributed by atoms with van der Waals surface area (Å²) in [4.78, 5) is 2.25. The molecule has 78 valence electrons. The normalized spacial score (nSPS) is 19.5. The summed E-state index contributed by atoms with van der Waals surface area (Å²) in [6.45, 7) is 1.76. The smallest absolute Gasteiger partial charge is 0.0826 e. The molecule has 1 atom stereocenters. The van der Waals surface area contributed by atoms with Gasteiger partial charge in [-0.1, -0.05) is 18.2 Å². The van der Waals surface area contributed by atoms with E-state index in [1.165, 1.54) is 0 Å². The molecule has 0 radical (unpaired) electrons. The van der Waals surface area contributed by atoms with Gasteiger partial charge in [-0.3, -0.25) is 0 Å². The first-order chi connectivity index (χ1) is 7.33. The molecule has 0 aliphatic carbocycles. The molecule has 2 nitrogen and oxygen atoms in total. The summed E-state index contributed by atoms with van der Waals surface area (Å²) in [5.74, 6) is 2.65. The monoisotopic (exact) mass is 201 g/mol. The van der Waals surface area contributed by atoms with Crippen LogP contribution in [0.5, 0.6) is 0 Å². The largest absolute Gasteiger partial charge is 0.388 e. The van der Waals surface area contributed by atoms with Gasteiger partial charge in [-0.05, 0) is 12.5 Å². The summed E-state index contributed by atoms with van der Waals surface area (Å²) < 4.78 is 0. The first-order valence-corrected chi connectivity index (χ1v) is 5.28. The molecule has 0 spiro atoms. The lowest BCUT2D eigenvalue weighted by molar-refractivity contribution is 0.164. The molecule has 0 aromatic heterocycles. The lowest BCUT2D eigenvalue weighted by Gasteiger charge is -2.33. The Bertz CT molecular complexity index is 380. The molecule has 1 unspecified atom stereocenters. The van der Waals surface area contributed by atoms with Gasteiger partial charge in [0.1, 0.15) is 0 Å². The van der Waals surface area contributed by atoms with E-state index in [1.807, 2.05) is 24.3 Å². The van der Waals surface area contributed by atoms with Crippen molar-refractivity contribution in [1.29, 1.82) is 0 Å². The third-order valence-electron chi connectivity index (χ3n) is 2.83. The van der Waals surface area contributed by atoms with Crippen molar-refractivity contribution in [2.75, 3.05) is 18.0 Å². The first-order valence-electron chi connectivity index (χ1n) is 5.28. The molecule has 0 bridgehead atoms. The number of nitrogens with zero attached hydrogens (tertiary/aromatic N) is 1. The van der Waals surface area contributed by atoms with Crippen molar-refractivity contribution in [1.82, 2.24) is 0 Å². The van der Waals surface area contributed by atoms with Crippen LogP contribution in [0.3, 0.4) is 0 Å². The SMILES string of the molecule is C#CCCN1CCC(O)c2ccccc21. The Morgan fingerprint density at radius 2 is 2.27 bits per heavy atom. The minimum atomic E-state index is -0.316. The average molecular weight is 201 g/mol. The summed E-state index contributed by atoms with van der Waals surface area (Å²) in [6, 6.07) is 8.00. The maximum Gasteiger partial charge on any atom is 0.0826 e. The van der Waals surface area contributed by atoms with Gasteiger partial charge in [0.15, 0.2) is 0 Å². The predicted octanol–water partition coefficient (Wildman–Crippen LogP) is 1.95. The molecule has 0 amide bonds. The molecular formula is C13H15NO. The molecule has 1 aromatic rings. The van der Waals surface area contributed by atoms with Crippen LogP contribution in [0.1, 0.15) is 24.5 Å². The predicted molar refractivity (Wildman–Crippen MR) is 61.7 cm³/mol. The van der Waals surface area contributed by atoms with Crippen LogP contribution >= 0.6 is 0 Å². The van der Waals surface area contributed by atoms with E-state index in [2.05, 4.69) is 10.8 Å². The van der Waals surface area contributed by atoms with Crippen molar-refractivity contribution in [3.63, 3.8) is 0 Å².